The van der Waals surface area contributed by atoms with Gasteiger partial charge in [0.05, 0.1) is 35.7 Å². The molecule has 5 atom stereocenters. The van der Waals surface area contributed by atoms with Gasteiger partial charge in [0, 0.05) is 12.1 Å². The second kappa shape index (κ2) is 8.53. The average Bonchev–Trinajstić information content (AvgIpc) is 3.51. The summed E-state index contributed by atoms with van der Waals surface area (Å²) < 4.78 is 7.17. The van der Waals surface area contributed by atoms with Crippen molar-refractivity contribution >= 4 is 0 Å². The predicted molar refractivity (Wildman–Crippen MR) is 108 cm³/mol. The van der Waals surface area contributed by atoms with E-state index in [1.807, 2.05) is 0 Å². The van der Waals surface area contributed by atoms with Gasteiger partial charge in [-0.1, -0.05) is 23.7 Å². The Morgan fingerprint density at radius 2 is 1.90 bits per heavy atom. The molecule has 31 heavy (non-hydrogen) atoms. The van der Waals surface area contributed by atoms with Crippen LogP contribution in [0.5, 0.6) is 0 Å². The first-order valence-corrected chi connectivity index (χ1v) is 9.89. The van der Waals surface area contributed by atoms with Crippen molar-refractivity contribution in [3.8, 4) is 35.4 Å². The first-order chi connectivity index (χ1) is 14.9. The molecule has 1 saturated heterocycles. The molecular weight excluding hydrogens is 398 g/mol. The summed E-state index contributed by atoms with van der Waals surface area (Å²) >= 11 is 0. The van der Waals surface area contributed by atoms with E-state index in [0.717, 1.165) is 18.5 Å². The van der Waals surface area contributed by atoms with Gasteiger partial charge in [-0.3, -0.25) is 0 Å². The highest BCUT2D eigenvalue weighted by Gasteiger charge is 2.53. The zero-order valence-corrected chi connectivity index (χ0v) is 16.5. The van der Waals surface area contributed by atoms with Crippen molar-refractivity contribution in [2.75, 3.05) is 6.61 Å². The van der Waals surface area contributed by atoms with Crippen LogP contribution in [0, 0.1) is 40.9 Å². The third-order valence-corrected chi connectivity index (χ3v) is 5.29. The largest absolute Gasteiger partial charge is 0.394 e. The van der Waals surface area contributed by atoms with E-state index in [9.17, 15) is 20.4 Å². The Bertz CT molecular complexity index is 1110. The molecule has 1 aromatic carbocycles. The zero-order valence-electron chi connectivity index (χ0n) is 16.5. The van der Waals surface area contributed by atoms with E-state index >= 15 is 0 Å². The van der Waals surface area contributed by atoms with Crippen molar-refractivity contribution in [2.24, 2.45) is 5.92 Å². The SMILES string of the molecule is N#Cc1ccc(-n2cc(C#C[C@H]3O[C@H](CO)[C@@H](O)[C@H](O)[C@@]3(O)C#CC3CC3)cn2)cc1. The predicted octanol–water partition coefficient (Wildman–Crippen LogP) is -0.279. The summed E-state index contributed by atoms with van der Waals surface area (Å²) in [6.45, 7) is -0.542. The zero-order chi connectivity index (χ0) is 22.0. The van der Waals surface area contributed by atoms with E-state index in [0.29, 0.717) is 11.1 Å². The molecule has 1 saturated carbocycles. The average molecular weight is 419 g/mol. The monoisotopic (exact) mass is 419 g/mol. The Morgan fingerprint density at radius 1 is 1.16 bits per heavy atom. The van der Waals surface area contributed by atoms with E-state index in [4.69, 9.17) is 10.00 Å². The topological polar surface area (TPSA) is 132 Å². The van der Waals surface area contributed by atoms with Gasteiger partial charge in [-0.05, 0) is 37.1 Å². The maximum atomic E-state index is 11.0. The fourth-order valence-corrected chi connectivity index (χ4v) is 3.22. The van der Waals surface area contributed by atoms with Gasteiger partial charge in [-0.2, -0.15) is 10.4 Å². The van der Waals surface area contributed by atoms with Crippen LogP contribution in [0.25, 0.3) is 5.69 Å². The summed E-state index contributed by atoms with van der Waals surface area (Å²) in [5.41, 5.74) is -0.293. The molecule has 8 heteroatoms. The molecule has 158 valence electrons. The van der Waals surface area contributed by atoms with Crippen LogP contribution in [-0.4, -0.2) is 66.8 Å². The highest BCUT2D eigenvalue weighted by molar-refractivity contribution is 5.41. The molecule has 0 amide bonds. The number of aliphatic hydroxyl groups is 4. The lowest BCUT2D eigenvalue weighted by Gasteiger charge is -2.43. The summed E-state index contributed by atoms with van der Waals surface area (Å²) in [5.74, 6) is 11.3. The van der Waals surface area contributed by atoms with Crippen LogP contribution in [-0.2, 0) is 4.74 Å². The number of nitriles is 1. The highest BCUT2D eigenvalue weighted by Crippen LogP contribution is 2.32. The lowest BCUT2D eigenvalue weighted by molar-refractivity contribution is -0.239. The number of aliphatic hydroxyl groups excluding tert-OH is 3. The van der Waals surface area contributed by atoms with Crippen molar-refractivity contribution < 1.29 is 25.2 Å². The van der Waals surface area contributed by atoms with Crippen LogP contribution in [0.15, 0.2) is 36.7 Å². The smallest absolute Gasteiger partial charge is 0.191 e. The summed E-state index contributed by atoms with van der Waals surface area (Å²) in [5, 5.41) is 54.3. The number of aromatic nitrogens is 2. The van der Waals surface area contributed by atoms with E-state index in [-0.39, 0.29) is 5.92 Å². The number of hydrogen-bond acceptors (Lipinski definition) is 7. The van der Waals surface area contributed by atoms with Crippen molar-refractivity contribution in [1.82, 2.24) is 9.78 Å². The Kier molecular flexibility index (Phi) is 5.80. The normalized spacial score (nSPS) is 29.8. The van der Waals surface area contributed by atoms with Crippen molar-refractivity contribution in [1.29, 1.82) is 5.26 Å². The molecule has 2 fully saturated rings. The van der Waals surface area contributed by atoms with E-state index in [1.165, 1.54) is 6.20 Å². The second-order valence-electron chi connectivity index (χ2n) is 7.64. The molecule has 1 aromatic heterocycles. The van der Waals surface area contributed by atoms with Gasteiger partial charge >= 0.3 is 0 Å². The van der Waals surface area contributed by atoms with Crippen LogP contribution in [0.2, 0.25) is 0 Å². The van der Waals surface area contributed by atoms with Gasteiger partial charge in [0.2, 0.25) is 0 Å². The molecule has 0 unspecified atom stereocenters. The maximum absolute atomic E-state index is 11.0. The first kappa shape index (κ1) is 21.1. The number of benzene rings is 1. The third kappa shape index (κ3) is 4.33. The summed E-state index contributed by atoms with van der Waals surface area (Å²) in [6, 6.07) is 8.92. The molecule has 2 aromatic rings. The maximum Gasteiger partial charge on any atom is 0.191 e. The van der Waals surface area contributed by atoms with Crippen LogP contribution >= 0.6 is 0 Å². The highest BCUT2D eigenvalue weighted by atomic mass is 16.5. The fraction of sp³-hybridized carbons (Fsp3) is 0.391. The van der Waals surface area contributed by atoms with E-state index in [2.05, 4.69) is 34.8 Å². The Morgan fingerprint density at radius 3 is 2.55 bits per heavy atom. The molecule has 8 nitrogen and oxygen atoms in total. The van der Waals surface area contributed by atoms with Gasteiger partial charge in [0.25, 0.3) is 0 Å². The Balaban J connectivity index is 1.60. The summed E-state index contributed by atoms with van der Waals surface area (Å²) in [4.78, 5) is 0. The number of ether oxygens (including phenoxy) is 1. The van der Waals surface area contributed by atoms with Gasteiger partial charge in [0.1, 0.15) is 18.3 Å². The first-order valence-electron chi connectivity index (χ1n) is 9.89. The van der Waals surface area contributed by atoms with Gasteiger partial charge in [0.15, 0.2) is 11.7 Å². The van der Waals surface area contributed by atoms with Gasteiger partial charge < -0.3 is 25.2 Å². The minimum absolute atomic E-state index is 0.156. The second-order valence-corrected chi connectivity index (χ2v) is 7.64. The van der Waals surface area contributed by atoms with E-state index < -0.39 is 36.6 Å². The molecule has 0 radical (unpaired) electrons. The minimum Gasteiger partial charge on any atom is -0.394 e. The quantitative estimate of drug-likeness (QED) is 0.493. The van der Waals surface area contributed by atoms with E-state index in [1.54, 1.807) is 35.1 Å². The molecule has 2 heterocycles. The van der Waals surface area contributed by atoms with Crippen molar-refractivity contribution in [2.45, 2.75) is 42.9 Å². The fourth-order valence-electron chi connectivity index (χ4n) is 3.22. The molecule has 1 aliphatic carbocycles. The standard InChI is InChI=1S/C23H21N3O5/c24-11-16-3-6-18(7-4-16)26-13-17(12-25-26)5-8-20-23(30,10-9-15-1-2-15)22(29)21(28)19(14-27)31-20/h3-4,6-7,12-13,15,19-22,27-30H,1-2,14H2/t19-,20-,21-,22+,23-/m1/s1. The number of hydrogen-bond donors (Lipinski definition) is 4. The van der Waals surface area contributed by atoms with Crippen molar-refractivity contribution in [3.05, 3.63) is 47.8 Å². The Labute approximate surface area is 179 Å². The molecular formula is C23H21N3O5. The van der Waals surface area contributed by atoms with Crippen LogP contribution < -0.4 is 0 Å². The third-order valence-electron chi connectivity index (χ3n) is 5.29. The lowest BCUT2D eigenvalue weighted by Crippen LogP contribution is -2.65. The molecule has 1 aliphatic heterocycles. The van der Waals surface area contributed by atoms with Gasteiger partial charge in [-0.25, -0.2) is 4.68 Å². The molecule has 4 N–H and O–H groups in total. The lowest BCUT2D eigenvalue weighted by atomic mass is 9.82. The molecule has 2 aliphatic rings. The number of rotatable bonds is 2. The van der Waals surface area contributed by atoms with Crippen LogP contribution in [0.1, 0.15) is 24.0 Å². The van der Waals surface area contributed by atoms with Crippen molar-refractivity contribution in [3.63, 3.8) is 0 Å². The molecule has 4 rings (SSSR count). The van der Waals surface area contributed by atoms with Gasteiger partial charge in [-0.15, -0.1) is 0 Å². The number of nitrogens with zero attached hydrogens (tertiary/aromatic N) is 3. The molecule has 0 bridgehead atoms. The van der Waals surface area contributed by atoms with Crippen LogP contribution in [0.3, 0.4) is 0 Å². The summed E-state index contributed by atoms with van der Waals surface area (Å²) in [6.07, 6.45) is -0.449. The summed E-state index contributed by atoms with van der Waals surface area (Å²) in [7, 11) is 0. The Hall–Kier alpha value is -3.16. The minimum atomic E-state index is -2.09. The molecule has 0 spiro atoms. The van der Waals surface area contributed by atoms with Crippen LogP contribution in [0.4, 0.5) is 0 Å².